The van der Waals surface area contributed by atoms with E-state index in [1.807, 2.05) is 12.1 Å². The van der Waals surface area contributed by atoms with Crippen LogP contribution in [0.4, 0.5) is 4.39 Å². The molecule has 2 aromatic carbocycles. The summed E-state index contributed by atoms with van der Waals surface area (Å²) in [6.07, 6.45) is 0. The summed E-state index contributed by atoms with van der Waals surface area (Å²) in [5.41, 5.74) is 0.974. The van der Waals surface area contributed by atoms with E-state index >= 15 is 0 Å². The largest absolute Gasteiger partial charge is 0.454 e. The van der Waals surface area contributed by atoms with Crippen LogP contribution in [-0.4, -0.2) is 0 Å². The fraction of sp³-hybridized carbons (Fsp3) is 0.0667. The zero-order chi connectivity index (χ0) is 13.8. The number of nitrogens with zero attached hydrogens (tertiary/aromatic N) is 2. The average molecular weight is 252 g/mol. The average Bonchev–Trinajstić information content (AvgIpc) is 2.43. The van der Waals surface area contributed by atoms with Gasteiger partial charge < -0.3 is 4.74 Å². The molecule has 0 heterocycles. The molecule has 0 saturated carbocycles. The summed E-state index contributed by atoms with van der Waals surface area (Å²) < 4.78 is 18.9. The Morgan fingerprint density at radius 2 is 1.68 bits per heavy atom. The number of rotatable bonds is 2. The molecule has 0 atom stereocenters. The van der Waals surface area contributed by atoms with Crippen LogP contribution < -0.4 is 4.74 Å². The molecule has 0 aliphatic carbocycles. The molecule has 0 unspecified atom stereocenters. The Kier molecular flexibility index (Phi) is 3.45. The van der Waals surface area contributed by atoms with Crippen LogP contribution in [0, 0.1) is 35.4 Å². The third-order valence-corrected chi connectivity index (χ3v) is 2.62. The molecule has 0 fully saturated rings. The maximum atomic E-state index is 13.4. The van der Waals surface area contributed by atoms with E-state index in [-0.39, 0.29) is 22.6 Å². The minimum atomic E-state index is -0.398. The highest BCUT2D eigenvalue weighted by Crippen LogP contribution is 2.29. The van der Waals surface area contributed by atoms with Crippen LogP contribution in [0.2, 0.25) is 0 Å². The van der Waals surface area contributed by atoms with Gasteiger partial charge in [0.2, 0.25) is 0 Å². The first-order valence-electron chi connectivity index (χ1n) is 5.53. The highest BCUT2D eigenvalue weighted by atomic mass is 19.1. The number of hydrogen-bond donors (Lipinski definition) is 0. The van der Waals surface area contributed by atoms with Gasteiger partial charge in [-0.15, -0.1) is 0 Å². The van der Waals surface area contributed by atoms with Gasteiger partial charge in [0.05, 0.1) is 11.1 Å². The van der Waals surface area contributed by atoms with E-state index in [9.17, 15) is 4.39 Å². The van der Waals surface area contributed by atoms with E-state index in [0.717, 1.165) is 0 Å². The van der Waals surface area contributed by atoms with E-state index in [2.05, 4.69) is 0 Å². The highest BCUT2D eigenvalue weighted by Gasteiger charge is 2.11. The lowest BCUT2D eigenvalue weighted by molar-refractivity contribution is 0.473. The molecule has 0 saturated heterocycles. The molecule has 0 aromatic heterocycles. The molecule has 2 aromatic rings. The van der Waals surface area contributed by atoms with Crippen molar-refractivity contribution in [3.63, 3.8) is 0 Å². The molecule has 3 nitrogen and oxygen atoms in total. The van der Waals surface area contributed by atoms with Crippen LogP contribution in [0.3, 0.4) is 0 Å². The van der Waals surface area contributed by atoms with Gasteiger partial charge in [-0.1, -0.05) is 12.1 Å². The Hall–Kier alpha value is -2.85. The SMILES string of the molecule is Cc1ccc(Oc2c(C#N)cccc2C#N)cc1F. The zero-order valence-electron chi connectivity index (χ0n) is 10.1. The monoisotopic (exact) mass is 252 g/mol. The van der Waals surface area contributed by atoms with Crippen molar-refractivity contribution >= 4 is 0 Å². The Morgan fingerprint density at radius 1 is 1.05 bits per heavy atom. The van der Waals surface area contributed by atoms with E-state index in [1.54, 1.807) is 37.3 Å². The van der Waals surface area contributed by atoms with Gasteiger partial charge in [0.15, 0.2) is 5.75 Å². The Morgan fingerprint density at radius 3 is 2.21 bits per heavy atom. The molecule has 4 heteroatoms. The zero-order valence-corrected chi connectivity index (χ0v) is 10.1. The number of benzene rings is 2. The Bertz CT molecular complexity index is 679. The number of para-hydroxylation sites is 1. The molecule has 0 radical (unpaired) electrons. The molecule has 92 valence electrons. The maximum Gasteiger partial charge on any atom is 0.162 e. The minimum Gasteiger partial charge on any atom is -0.454 e. The summed E-state index contributed by atoms with van der Waals surface area (Å²) >= 11 is 0. The second kappa shape index (κ2) is 5.20. The fourth-order valence-corrected chi connectivity index (χ4v) is 1.58. The molecule has 0 amide bonds. The third kappa shape index (κ3) is 2.53. The number of halogens is 1. The molecule has 0 aliphatic rings. The topological polar surface area (TPSA) is 56.8 Å². The van der Waals surface area contributed by atoms with Gasteiger partial charge in [-0.3, -0.25) is 0 Å². The van der Waals surface area contributed by atoms with Crippen LogP contribution in [0.25, 0.3) is 0 Å². The molecule has 0 N–H and O–H groups in total. The lowest BCUT2D eigenvalue weighted by Crippen LogP contribution is -1.93. The summed E-state index contributed by atoms with van der Waals surface area (Å²) in [5.74, 6) is 0.00324. The fourth-order valence-electron chi connectivity index (χ4n) is 1.58. The lowest BCUT2D eigenvalue weighted by Gasteiger charge is -2.09. The van der Waals surface area contributed by atoms with Crippen LogP contribution >= 0.6 is 0 Å². The van der Waals surface area contributed by atoms with Crippen molar-refractivity contribution in [1.82, 2.24) is 0 Å². The first kappa shape index (κ1) is 12.6. The summed E-state index contributed by atoms with van der Waals surface area (Å²) in [7, 11) is 0. The molecular formula is C15H9FN2O. The normalized spacial score (nSPS) is 9.47. The minimum absolute atomic E-state index is 0.149. The van der Waals surface area contributed by atoms with Gasteiger partial charge in [0.25, 0.3) is 0 Å². The van der Waals surface area contributed by atoms with Crippen molar-refractivity contribution in [1.29, 1.82) is 10.5 Å². The molecule has 0 aliphatic heterocycles. The van der Waals surface area contributed by atoms with Crippen LogP contribution in [0.1, 0.15) is 16.7 Å². The van der Waals surface area contributed by atoms with Crippen LogP contribution in [0.5, 0.6) is 11.5 Å². The predicted octanol–water partition coefficient (Wildman–Crippen LogP) is 3.67. The second-order valence-electron chi connectivity index (χ2n) is 3.92. The van der Waals surface area contributed by atoms with E-state index < -0.39 is 5.82 Å². The first-order chi connectivity index (χ1) is 9.15. The van der Waals surface area contributed by atoms with Gasteiger partial charge in [-0.2, -0.15) is 10.5 Å². The van der Waals surface area contributed by atoms with E-state index in [1.165, 1.54) is 6.07 Å². The van der Waals surface area contributed by atoms with Crippen molar-refractivity contribution < 1.29 is 9.13 Å². The molecule has 19 heavy (non-hydrogen) atoms. The summed E-state index contributed by atoms with van der Waals surface area (Å²) in [6.45, 7) is 1.64. The number of nitriles is 2. The smallest absolute Gasteiger partial charge is 0.162 e. The summed E-state index contributed by atoms with van der Waals surface area (Å²) in [5, 5.41) is 18.0. The number of aryl methyl sites for hydroxylation is 1. The Labute approximate surface area is 110 Å². The van der Waals surface area contributed by atoms with Gasteiger partial charge in [0, 0.05) is 6.07 Å². The number of ether oxygens (including phenoxy) is 1. The van der Waals surface area contributed by atoms with Crippen molar-refractivity contribution in [2.75, 3.05) is 0 Å². The van der Waals surface area contributed by atoms with Gasteiger partial charge in [-0.05, 0) is 30.7 Å². The van der Waals surface area contributed by atoms with Gasteiger partial charge >= 0.3 is 0 Å². The van der Waals surface area contributed by atoms with Crippen molar-refractivity contribution in [3.8, 4) is 23.6 Å². The standard InChI is InChI=1S/C15H9FN2O/c1-10-5-6-13(7-14(10)16)19-15-11(8-17)3-2-4-12(15)9-18/h2-7H,1H3. The highest BCUT2D eigenvalue weighted by molar-refractivity contribution is 5.55. The van der Waals surface area contributed by atoms with Crippen LogP contribution in [-0.2, 0) is 0 Å². The van der Waals surface area contributed by atoms with Gasteiger partial charge in [-0.25, -0.2) is 4.39 Å². The van der Waals surface area contributed by atoms with Crippen molar-refractivity contribution in [2.45, 2.75) is 6.92 Å². The second-order valence-corrected chi connectivity index (χ2v) is 3.92. The molecule has 0 spiro atoms. The predicted molar refractivity (Wildman–Crippen MR) is 67.1 cm³/mol. The molecule has 0 bridgehead atoms. The maximum absolute atomic E-state index is 13.4. The van der Waals surface area contributed by atoms with Gasteiger partial charge in [0.1, 0.15) is 23.7 Å². The summed E-state index contributed by atoms with van der Waals surface area (Å²) in [4.78, 5) is 0. The van der Waals surface area contributed by atoms with E-state index in [4.69, 9.17) is 15.3 Å². The van der Waals surface area contributed by atoms with Crippen molar-refractivity contribution in [3.05, 3.63) is 58.9 Å². The van der Waals surface area contributed by atoms with Crippen molar-refractivity contribution in [2.24, 2.45) is 0 Å². The molecule has 2 rings (SSSR count). The summed E-state index contributed by atoms with van der Waals surface area (Å²) in [6, 6.07) is 13.0. The van der Waals surface area contributed by atoms with E-state index in [0.29, 0.717) is 5.56 Å². The third-order valence-electron chi connectivity index (χ3n) is 2.62. The van der Waals surface area contributed by atoms with Crippen LogP contribution in [0.15, 0.2) is 36.4 Å². The number of hydrogen-bond acceptors (Lipinski definition) is 3. The quantitative estimate of drug-likeness (QED) is 0.819. The first-order valence-corrected chi connectivity index (χ1v) is 5.53. The lowest BCUT2D eigenvalue weighted by atomic mass is 10.1. The molecular weight excluding hydrogens is 243 g/mol. The Balaban J connectivity index is 2.46.